The molecule has 1 N–H and O–H groups in total. The van der Waals surface area contributed by atoms with Crippen molar-refractivity contribution in [2.24, 2.45) is 0 Å². The highest BCUT2D eigenvalue weighted by atomic mass is 35.5. The summed E-state index contributed by atoms with van der Waals surface area (Å²) in [5.74, 6) is 0.398. The fourth-order valence-electron chi connectivity index (χ4n) is 2.02. The molecule has 0 aliphatic carbocycles. The van der Waals surface area contributed by atoms with Crippen LogP contribution >= 0.6 is 35.6 Å². The maximum atomic E-state index is 12.1. The van der Waals surface area contributed by atoms with Gasteiger partial charge >= 0.3 is 0 Å². The molecule has 0 spiro atoms. The minimum Gasteiger partial charge on any atom is -0.482 e. The minimum atomic E-state index is -0.0370. The molecule has 2 rings (SSSR count). The van der Waals surface area contributed by atoms with Crippen LogP contribution < -0.4 is 10.1 Å². The van der Waals surface area contributed by atoms with Crippen molar-refractivity contribution in [2.45, 2.75) is 13.0 Å². The number of nitrogens with one attached hydrogen (secondary N) is 1. The van der Waals surface area contributed by atoms with Crippen LogP contribution in [-0.4, -0.2) is 43.1 Å². The Morgan fingerprint density at radius 3 is 2.95 bits per heavy atom. The van der Waals surface area contributed by atoms with Gasteiger partial charge in [-0.1, -0.05) is 23.2 Å². The Labute approximate surface area is 134 Å². The Morgan fingerprint density at radius 2 is 2.25 bits per heavy atom. The van der Waals surface area contributed by atoms with E-state index in [2.05, 4.69) is 5.32 Å². The molecule has 1 unspecified atom stereocenters. The van der Waals surface area contributed by atoms with E-state index in [1.165, 1.54) is 0 Å². The summed E-state index contributed by atoms with van der Waals surface area (Å²) in [5, 5.41) is 4.22. The van der Waals surface area contributed by atoms with Gasteiger partial charge in [0.25, 0.3) is 5.91 Å². The summed E-state index contributed by atoms with van der Waals surface area (Å²) in [5.41, 5.74) is 0. The summed E-state index contributed by atoms with van der Waals surface area (Å²) in [6.07, 6.45) is 0. The molecular formula is C13H17Cl3N2O2. The van der Waals surface area contributed by atoms with Crippen molar-refractivity contribution in [2.75, 3.05) is 26.2 Å². The summed E-state index contributed by atoms with van der Waals surface area (Å²) < 4.78 is 5.45. The number of hydrogen-bond donors (Lipinski definition) is 1. The van der Waals surface area contributed by atoms with Crippen LogP contribution in [0, 0.1) is 0 Å². The molecule has 1 atom stereocenters. The van der Waals surface area contributed by atoms with Crippen molar-refractivity contribution in [3.63, 3.8) is 0 Å². The van der Waals surface area contributed by atoms with Crippen molar-refractivity contribution in [3.8, 4) is 5.75 Å². The molecule has 7 heteroatoms. The smallest absolute Gasteiger partial charge is 0.260 e. The lowest BCUT2D eigenvalue weighted by Crippen LogP contribution is -2.53. The first-order valence-electron chi connectivity index (χ1n) is 6.16. The molecule has 1 aliphatic rings. The van der Waals surface area contributed by atoms with Gasteiger partial charge in [-0.05, 0) is 19.1 Å². The Morgan fingerprint density at radius 1 is 1.50 bits per heavy atom. The average Bonchev–Trinajstić information content (AvgIpc) is 2.40. The summed E-state index contributed by atoms with van der Waals surface area (Å²) in [7, 11) is 0. The number of amides is 1. The summed E-state index contributed by atoms with van der Waals surface area (Å²) in [6, 6.07) is 5.12. The van der Waals surface area contributed by atoms with Gasteiger partial charge in [0, 0.05) is 36.8 Å². The maximum absolute atomic E-state index is 12.1. The topological polar surface area (TPSA) is 41.6 Å². The molecule has 1 aromatic rings. The van der Waals surface area contributed by atoms with Crippen molar-refractivity contribution >= 4 is 41.5 Å². The second-order valence-electron chi connectivity index (χ2n) is 4.50. The molecule has 112 valence electrons. The number of hydrogen-bond acceptors (Lipinski definition) is 3. The summed E-state index contributed by atoms with van der Waals surface area (Å²) >= 11 is 11.8. The highest BCUT2D eigenvalue weighted by molar-refractivity contribution is 6.34. The number of halogens is 3. The van der Waals surface area contributed by atoms with E-state index >= 15 is 0 Å². The SMILES string of the molecule is CC1CNCCN1C(=O)COc1cc(Cl)ccc1Cl.Cl. The molecule has 0 bridgehead atoms. The summed E-state index contributed by atoms with van der Waals surface area (Å²) in [6.45, 7) is 4.31. The van der Waals surface area contributed by atoms with Crippen LogP contribution in [0.15, 0.2) is 18.2 Å². The largest absolute Gasteiger partial charge is 0.482 e. The van der Waals surface area contributed by atoms with Gasteiger partial charge in [-0.25, -0.2) is 0 Å². The molecule has 20 heavy (non-hydrogen) atoms. The standard InChI is InChI=1S/C13H16Cl2N2O2.ClH/c1-9-7-16-4-5-17(9)13(18)8-19-12-6-10(14)2-3-11(12)15;/h2-3,6,9,16H,4-5,7-8H2,1H3;1H. The third-order valence-corrected chi connectivity index (χ3v) is 3.61. The quantitative estimate of drug-likeness (QED) is 0.920. The van der Waals surface area contributed by atoms with Crippen LogP contribution in [-0.2, 0) is 4.79 Å². The monoisotopic (exact) mass is 338 g/mol. The van der Waals surface area contributed by atoms with E-state index in [9.17, 15) is 4.79 Å². The fourth-order valence-corrected chi connectivity index (χ4v) is 2.36. The Bertz CT molecular complexity index is 471. The molecule has 0 aromatic heterocycles. The lowest BCUT2D eigenvalue weighted by Gasteiger charge is -2.33. The summed E-state index contributed by atoms with van der Waals surface area (Å²) in [4.78, 5) is 13.9. The molecule has 1 amide bonds. The van der Waals surface area contributed by atoms with Crippen LogP contribution in [0.4, 0.5) is 0 Å². The van der Waals surface area contributed by atoms with Gasteiger partial charge in [-0.3, -0.25) is 4.79 Å². The normalized spacial score (nSPS) is 18.4. The van der Waals surface area contributed by atoms with Crippen molar-refractivity contribution in [3.05, 3.63) is 28.2 Å². The number of piperazine rings is 1. The molecule has 1 heterocycles. The first-order chi connectivity index (χ1) is 9.08. The lowest BCUT2D eigenvalue weighted by molar-refractivity contribution is -0.136. The minimum absolute atomic E-state index is 0. The highest BCUT2D eigenvalue weighted by Crippen LogP contribution is 2.27. The molecule has 1 aromatic carbocycles. The molecule has 1 aliphatic heterocycles. The number of rotatable bonds is 3. The zero-order chi connectivity index (χ0) is 13.8. The number of carbonyl (C=O) groups is 1. The number of benzene rings is 1. The number of carbonyl (C=O) groups excluding carboxylic acids is 1. The lowest BCUT2D eigenvalue weighted by atomic mass is 10.2. The third-order valence-electron chi connectivity index (χ3n) is 3.07. The average molecular weight is 340 g/mol. The van der Waals surface area contributed by atoms with Crippen molar-refractivity contribution < 1.29 is 9.53 Å². The van der Waals surface area contributed by atoms with Crippen molar-refractivity contribution in [1.82, 2.24) is 10.2 Å². The zero-order valence-electron chi connectivity index (χ0n) is 11.1. The van der Waals surface area contributed by atoms with Gasteiger partial charge in [0.05, 0.1) is 5.02 Å². The van der Waals surface area contributed by atoms with E-state index < -0.39 is 0 Å². The Balaban J connectivity index is 0.00000200. The van der Waals surface area contributed by atoms with Crippen LogP contribution in [0.25, 0.3) is 0 Å². The Kier molecular flexibility index (Phi) is 6.89. The van der Waals surface area contributed by atoms with E-state index in [0.29, 0.717) is 22.3 Å². The van der Waals surface area contributed by atoms with E-state index in [4.69, 9.17) is 27.9 Å². The molecule has 1 saturated heterocycles. The second-order valence-corrected chi connectivity index (χ2v) is 5.35. The van der Waals surface area contributed by atoms with Crippen LogP contribution in [0.2, 0.25) is 10.0 Å². The van der Waals surface area contributed by atoms with E-state index in [0.717, 1.165) is 13.1 Å². The molecule has 0 radical (unpaired) electrons. The molecule has 4 nitrogen and oxygen atoms in total. The van der Waals surface area contributed by atoms with Gasteiger partial charge in [0.2, 0.25) is 0 Å². The van der Waals surface area contributed by atoms with Gasteiger partial charge in [-0.15, -0.1) is 12.4 Å². The zero-order valence-corrected chi connectivity index (χ0v) is 13.4. The van der Waals surface area contributed by atoms with Gasteiger partial charge < -0.3 is 15.0 Å². The molecular weight excluding hydrogens is 323 g/mol. The van der Waals surface area contributed by atoms with Gasteiger partial charge in [0.15, 0.2) is 6.61 Å². The van der Waals surface area contributed by atoms with Crippen molar-refractivity contribution in [1.29, 1.82) is 0 Å². The predicted molar refractivity (Wildman–Crippen MR) is 83.2 cm³/mol. The maximum Gasteiger partial charge on any atom is 0.260 e. The third kappa shape index (κ3) is 4.42. The fraction of sp³-hybridized carbons (Fsp3) is 0.462. The van der Waals surface area contributed by atoms with E-state index in [-0.39, 0.29) is 31.0 Å². The molecule has 1 fully saturated rings. The Hall–Kier alpha value is -0.680. The first-order valence-corrected chi connectivity index (χ1v) is 6.91. The molecule has 0 saturated carbocycles. The number of ether oxygens (including phenoxy) is 1. The second kappa shape index (κ2) is 7.93. The van der Waals surface area contributed by atoms with Gasteiger partial charge in [-0.2, -0.15) is 0 Å². The van der Waals surface area contributed by atoms with Crippen LogP contribution in [0.5, 0.6) is 5.75 Å². The van der Waals surface area contributed by atoms with E-state index in [1.54, 1.807) is 18.2 Å². The van der Waals surface area contributed by atoms with Gasteiger partial charge in [0.1, 0.15) is 5.75 Å². The highest BCUT2D eigenvalue weighted by Gasteiger charge is 2.23. The predicted octanol–water partition coefficient (Wildman–Crippen LogP) is 2.61. The van der Waals surface area contributed by atoms with Crippen LogP contribution in [0.1, 0.15) is 6.92 Å². The van der Waals surface area contributed by atoms with Crippen LogP contribution in [0.3, 0.4) is 0 Å². The number of nitrogens with zero attached hydrogens (tertiary/aromatic N) is 1. The first kappa shape index (κ1) is 17.4. The van der Waals surface area contributed by atoms with E-state index in [1.807, 2.05) is 11.8 Å².